The predicted molar refractivity (Wildman–Crippen MR) is 48.5 cm³/mol. The van der Waals surface area contributed by atoms with Crippen molar-refractivity contribution >= 4 is 11.9 Å². The van der Waals surface area contributed by atoms with Gasteiger partial charge in [-0.1, -0.05) is 0 Å². The predicted octanol–water partition coefficient (Wildman–Crippen LogP) is -0.562. The molecular formula is C10H13NO4. The van der Waals surface area contributed by atoms with E-state index >= 15 is 0 Å². The minimum atomic E-state index is -0.410. The largest absolute Gasteiger partial charge is 0.458 e. The number of ether oxygens (including phenoxy) is 2. The Labute approximate surface area is 86.9 Å². The fraction of sp³-hybridized carbons (Fsp3) is 0.800. The molecule has 0 amide bonds. The van der Waals surface area contributed by atoms with Crippen LogP contribution in [0.4, 0.5) is 0 Å². The van der Waals surface area contributed by atoms with Gasteiger partial charge in [-0.25, -0.2) is 0 Å². The molecule has 5 heteroatoms. The number of carbonyl (C=O) groups is 2. The lowest BCUT2D eigenvalue weighted by molar-refractivity contribution is -0.160. The molecule has 2 bridgehead atoms. The van der Waals surface area contributed by atoms with E-state index in [2.05, 4.69) is 0 Å². The molecule has 15 heavy (non-hydrogen) atoms. The lowest BCUT2D eigenvalue weighted by atomic mass is 9.88. The van der Waals surface area contributed by atoms with E-state index < -0.39 is 5.97 Å². The highest BCUT2D eigenvalue weighted by molar-refractivity contribution is 5.77. The maximum absolute atomic E-state index is 11.4. The zero-order valence-corrected chi connectivity index (χ0v) is 8.22. The van der Waals surface area contributed by atoms with E-state index in [4.69, 9.17) is 15.2 Å². The van der Waals surface area contributed by atoms with Crippen molar-refractivity contribution in [3.8, 4) is 0 Å². The van der Waals surface area contributed by atoms with Crippen LogP contribution in [0.25, 0.3) is 0 Å². The van der Waals surface area contributed by atoms with E-state index in [0.29, 0.717) is 5.92 Å². The van der Waals surface area contributed by atoms with Gasteiger partial charge < -0.3 is 15.2 Å². The molecule has 0 aromatic rings. The SMILES string of the molecule is NCC(=O)OC1C2CC3C(=O)OC1C3C2. The molecule has 3 fully saturated rings. The Hall–Kier alpha value is -1.10. The van der Waals surface area contributed by atoms with Crippen molar-refractivity contribution < 1.29 is 19.1 Å². The zero-order valence-electron chi connectivity index (χ0n) is 8.22. The Kier molecular flexibility index (Phi) is 1.80. The van der Waals surface area contributed by atoms with Crippen molar-refractivity contribution in [3.05, 3.63) is 0 Å². The summed E-state index contributed by atoms with van der Waals surface area (Å²) in [5.74, 6) is 0.115. The fourth-order valence-electron chi connectivity index (χ4n) is 3.26. The van der Waals surface area contributed by atoms with Crippen LogP contribution in [0.2, 0.25) is 0 Å². The van der Waals surface area contributed by atoms with Gasteiger partial charge >= 0.3 is 11.9 Å². The monoisotopic (exact) mass is 211 g/mol. The zero-order chi connectivity index (χ0) is 10.6. The van der Waals surface area contributed by atoms with Crippen LogP contribution in [0.1, 0.15) is 12.8 Å². The lowest BCUT2D eigenvalue weighted by Gasteiger charge is -2.24. The van der Waals surface area contributed by atoms with Crippen molar-refractivity contribution in [1.82, 2.24) is 0 Å². The summed E-state index contributed by atoms with van der Waals surface area (Å²) in [7, 11) is 0. The third-order valence-corrected chi connectivity index (χ3v) is 3.85. The molecule has 2 aliphatic carbocycles. The average Bonchev–Trinajstić information content (AvgIpc) is 2.81. The van der Waals surface area contributed by atoms with Crippen LogP contribution in [0, 0.1) is 17.8 Å². The molecule has 1 saturated heterocycles. The standard InChI is InChI=1S/C10H13NO4/c11-3-7(12)14-8-4-1-5-6(2-4)10(13)15-9(5)8/h4-6,8-9H,1-3,11H2. The Morgan fingerprint density at radius 1 is 1.53 bits per heavy atom. The van der Waals surface area contributed by atoms with Gasteiger partial charge in [0.1, 0.15) is 12.2 Å². The maximum atomic E-state index is 11.4. The topological polar surface area (TPSA) is 78.6 Å². The van der Waals surface area contributed by atoms with Crippen LogP contribution in [-0.2, 0) is 19.1 Å². The van der Waals surface area contributed by atoms with Gasteiger partial charge in [-0.2, -0.15) is 0 Å². The molecule has 2 N–H and O–H groups in total. The van der Waals surface area contributed by atoms with Gasteiger partial charge in [-0.15, -0.1) is 0 Å². The van der Waals surface area contributed by atoms with E-state index in [1.807, 2.05) is 0 Å². The van der Waals surface area contributed by atoms with Gasteiger partial charge in [0.05, 0.1) is 12.5 Å². The second-order valence-electron chi connectivity index (χ2n) is 4.56. The maximum Gasteiger partial charge on any atom is 0.320 e. The molecule has 0 radical (unpaired) electrons. The molecule has 0 aromatic heterocycles. The molecule has 3 aliphatic rings. The molecule has 5 unspecified atom stereocenters. The Morgan fingerprint density at radius 2 is 2.33 bits per heavy atom. The van der Waals surface area contributed by atoms with Gasteiger partial charge in [0, 0.05) is 11.8 Å². The van der Waals surface area contributed by atoms with Gasteiger partial charge in [0.2, 0.25) is 0 Å². The number of hydrogen-bond donors (Lipinski definition) is 1. The summed E-state index contributed by atoms with van der Waals surface area (Å²) in [6.45, 7) is -0.113. The third-order valence-electron chi connectivity index (χ3n) is 3.85. The number of hydrogen-bond acceptors (Lipinski definition) is 5. The first-order valence-electron chi connectivity index (χ1n) is 5.30. The van der Waals surface area contributed by atoms with Crippen LogP contribution in [0.3, 0.4) is 0 Å². The number of rotatable bonds is 2. The van der Waals surface area contributed by atoms with Crippen LogP contribution >= 0.6 is 0 Å². The summed E-state index contributed by atoms with van der Waals surface area (Å²) in [5, 5.41) is 0. The quantitative estimate of drug-likeness (QED) is 0.619. The highest BCUT2D eigenvalue weighted by Crippen LogP contribution is 2.55. The van der Waals surface area contributed by atoms with Crippen molar-refractivity contribution in [2.24, 2.45) is 23.5 Å². The second-order valence-corrected chi connectivity index (χ2v) is 4.56. The second kappa shape index (κ2) is 2.95. The number of nitrogens with two attached hydrogens (primary N) is 1. The van der Waals surface area contributed by atoms with Gasteiger partial charge in [-0.3, -0.25) is 9.59 Å². The van der Waals surface area contributed by atoms with E-state index in [9.17, 15) is 9.59 Å². The normalized spacial score (nSPS) is 45.7. The summed E-state index contributed by atoms with van der Waals surface area (Å²) < 4.78 is 10.5. The number of carbonyl (C=O) groups excluding carboxylic acids is 2. The van der Waals surface area contributed by atoms with Crippen LogP contribution in [0.15, 0.2) is 0 Å². The van der Waals surface area contributed by atoms with E-state index in [1.54, 1.807) is 0 Å². The van der Waals surface area contributed by atoms with Gasteiger partial charge in [-0.05, 0) is 12.8 Å². The Balaban J connectivity index is 1.78. The molecule has 0 spiro atoms. The number of fused-ring (bicyclic) bond motifs is 1. The molecule has 1 heterocycles. The minimum absolute atomic E-state index is 0.0628. The number of esters is 2. The third kappa shape index (κ3) is 1.13. The molecule has 5 nitrogen and oxygen atoms in total. The van der Waals surface area contributed by atoms with Gasteiger partial charge in [0.15, 0.2) is 0 Å². The van der Waals surface area contributed by atoms with E-state index in [1.165, 1.54) is 0 Å². The average molecular weight is 211 g/mol. The van der Waals surface area contributed by atoms with Crippen molar-refractivity contribution in [2.45, 2.75) is 25.0 Å². The van der Waals surface area contributed by atoms with Crippen LogP contribution in [-0.4, -0.2) is 30.7 Å². The van der Waals surface area contributed by atoms with Crippen molar-refractivity contribution in [3.63, 3.8) is 0 Å². The van der Waals surface area contributed by atoms with Gasteiger partial charge in [0.25, 0.3) is 0 Å². The molecule has 82 valence electrons. The summed E-state index contributed by atoms with van der Waals surface area (Å²) in [5.41, 5.74) is 5.19. The molecule has 3 rings (SSSR count). The molecule has 5 atom stereocenters. The van der Waals surface area contributed by atoms with Crippen molar-refractivity contribution in [2.75, 3.05) is 6.54 Å². The summed E-state index contributed by atoms with van der Waals surface area (Å²) in [6, 6.07) is 0. The minimum Gasteiger partial charge on any atom is -0.458 e. The smallest absolute Gasteiger partial charge is 0.320 e. The van der Waals surface area contributed by atoms with Crippen LogP contribution in [0.5, 0.6) is 0 Å². The first-order valence-corrected chi connectivity index (χ1v) is 5.30. The highest BCUT2D eigenvalue weighted by atomic mass is 16.6. The summed E-state index contributed by atoms with van der Waals surface area (Å²) >= 11 is 0. The van der Waals surface area contributed by atoms with Crippen molar-refractivity contribution in [1.29, 1.82) is 0 Å². The first kappa shape index (κ1) is 9.15. The Bertz CT molecular complexity index is 329. The summed E-state index contributed by atoms with van der Waals surface area (Å²) in [6.07, 6.45) is 1.32. The molecular weight excluding hydrogens is 198 g/mol. The Morgan fingerprint density at radius 3 is 3.07 bits per heavy atom. The fourth-order valence-corrected chi connectivity index (χ4v) is 3.26. The van der Waals surface area contributed by atoms with E-state index in [-0.39, 0.29) is 36.6 Å². The van der Waals surface area contributed by atoms with E-state index in [0.717, 1.165) is 12.8 Å². The summed E-state index contributed by atoms with van der Waals surface area (Å²) in [4.78, 5) is 22.5. The van der Waals surface area contributed by atoms with Crippen LogP contribution < -0.4 is 5.73 Å². The first-order chi connectivity index (χ1) is 7.20. The molecule has 0 aromatic carbocycles. The molecule has 1 aliphatic heterocycles. The highest BCUT2D eigenvalue weighted by Gasteiger charge is 2.63. The molecule has 2 saturated carbocycles. The lowest BCUT2D eigenvalue weighted by Crippen LogP contribution is -2.37.